The fraction of sp³-hybridized carbons (Fsp3) is 0.100. The molecule has 3 heterocycles. The SMILES string of the molecule is O=C1NC[C@H](c2c[nH]c3cc(Br)ccc23)N=C1c1c[nH]c2cc(Br)ccc12. The highest BCUT2D eigenvalue weighted by atomic mass is 79.9. The molecule has 5 rings (SSSR count). The molecule has 1 aliphatic rings. The second-order valence-corrected chi connectivity index (χ2v) is 8.36. The Morgan fingerprint density at radius 1 is 0.926 bits per heavy atom. The Hall–Kier alpha value is -2.38. The summed E-state index contributed by atoms with van der Waals surface area (Å²) >= 11 is 6.97. The minimum atomic E-state index is -0.141. The first-order valence-corrected chi connectivity index (χ1v) is 10.1. The van der Waals surface area contributed by atoms with E-state index in [2.05, 4.69) is 53.2 Å². The van der Waals surface area contributed by atoms with E-state index in [0.717, 1.165) is 41.9 Å². The number of carbonyl (C=O) groups excluding carboxylic acids is 1. The molecule has 27 heavy (non-hydrogen) atoms. The first-order chi connectivity index (χ1) is 13.1. The molecular weight excluding hydrogens is 472 g/mol. The molecule has 4 aromatic rings. The van der Waals surface area contributed by atoms with Gasteiger partial charge in [-0.3, -0.25) is 9.79 Å². The Labute approximate surface area is 171 Å². The summed E-state index contributed by atoms with van der Waals surface area (Å²) in [7, 11) is 0. The molecule has 1 aliphatic heterocycles. The predicted molar refractivity (Wildman–Crippen MR) is 114 cm³/mol. The fourth-order valence-corrected chi connectivity index (χ4v) is 4.32. The van der Waals surface area contributed by atoms with Gasteiger partial charge in [0.25, 0.3) is 5.91 Å². The molecule has 1 amide bonds. The van der Waals surface area contributed by atoms with Gasteiger partial charge in [-0.1, -0.05) is 44.0 Å². The number of aliphatic imine (C=N–C) groups is 1. The average molecular weight is 486 g/mol. The van der Waals surface area contributed by atoms with E-state index in [1.54, 1.807) is 0 Å². The van der Waals surface area contributed by atoms with Gasteiger partial charge >= 0.3 is 0 Å². The Balaban J connectivity index is 1.63. The summed E-state index contributed by atoms with van der Waals surface area (Å²) in [5.41, 5.74) is 4.38. The van der Waals surface area contributed by atoms with Crippen LogP contribution in [0.4, 0.5) is 0 Å². The number of carbonyl (C=O) groups is 1. The smallest absolute Gasteiger partial charge is 0.270 e. The second kappa shape index (κ2) is 6.35. The van der Waals surface area contributed by atoms with Crippen LogP contribution in [-0.4, -0.2) is 28.1 Å². The quantitative estimate of drug-likeness (QED) is 0.373. The number of amides is 1. The summed E-state index contributed by atoms with van der Waals surface area (Å²) in [5.74, 6) is -0.141. The molecule has 7 heteroatoms. The van der Waals surface area contributed by atoms with E-state index >= 15 is 0 Å². The molecule has 5 nitrogen and oxygen atoms in total. The molecule has 1 atom stereocenters. The zero-order valence-electron chi connectivity index (χ0n) is 14.0. The third-order valence-electron chi connectivity index (χ3n) is 4.89. The summed E-state index contributed by atoms with van der Waals surface area (Å²) in [6.45, 7) is 0.485. The first kappa shape index (κ1) is 16.8. The van der Waals surface area contributed by atoms with Crippen molar-refractivity contribution < 1.29 is 4.79 Å². The van der Waals surface area contributed by atoms with Gasteiger partial charge in [-0.15, -0.1) is 0 Å². The number of aromatic amines is 2. The Morgan fingerprint density at radius 2 is 1.59 bits per heavy atom. The summed E-state index contributed by atoms with van der Waals surface area (Å²) in [6.07, 6.45) is 3.83. The van der Waals surface area contributed by atoms with Crippen molar-refractivity contribution >= 4 is 65.3 Å². The third kappa shape index (κ3) is 2.82. The highest BCUT2D eigenvalue weighted by molar-refractivity contribution is 9.10. The van der Waals surface area contributed by atoms with Gasteiger partial charge in [0.15, 0.2) is 0 Å². The lowest BCUT2D eigenvalue weighted by molar-refractivity contribution is -0.115. The monoisotopic (exact) mass is 484 g/mol. The number of nitrogens with zero attached hydrogens (tertiary/aromatic N) is 1. The van der Waals surface area contributed by atoms with Crippen molar-refractivity contribution in [3.8, 4) is 0 Å². The molecule has 134 valence electrons. The molecule has 0 unspecified atom stereocenters. The summed E-state index contributed by atoms with van der Waals surface area (Å²) in [4.78, 5) is 23.9. The zero-order valence-corrected chi connectivity index (χ0v) is 17.2. The third-order valence-corrected chi connectivity index (χ3v) is 5.88. The summed E-state index contributed by atoms with van der Waals surface area (Å²) in [6, 6.07) is 12.0. The number of hydrogen-bond donors (Lipinski definition) is 3. The molecule has 2 aromatic heterocycles. The first-order valence-electron chi connectivity index (χ1n) is 8.50. The largest absolute Gasteiger partial charge is 0.361 e. The minimum absolute atomic E-state index is 0.131. The Bertz CT molecular complexity index is 1240. The topological polar surface area (TPSA) is 73.0 Å². The van der Waals surface area contributed by atoms with Gasteiger partial charge in [0, 0.05) is 60.8 Å². The van der Waals surface area contributed by atoms with Crippen molar-refractivity contribution in [3.63, 3.8) is 0 Å². The fourth-order valence-electron chi connectivity index (χ4n) is 3.60. The van der Waals surface area contributed by atoms with E-state index in [1.807, 2.05) is 42.7 Å². The van der Waals surface area contributed by atoms with Crippen LogP contribution in [0.1, 0.15) is 17.2 Å². The average Bonchev–Trinajstić information content (AvgIpc) is 3.25. The molecular formula is C20H14Br2N4O. The highest BCUT2D eigenvalue weighted by Crippen LogP contribution is 2.31. The molecule has 0 aliphatic carbocycles. The van der Waals surface area contributed by atoms with Crippen LogP contribution in [0.15, 0.2) is 62.7 Å². The molecule has 0 radical (unpaired) electrons. The van der Waals surface area contributed by atoms with Crippen molar-refractivity contribution in [3.05, 3.63) is 68.9 Å². The molecule has 0 bridgehead atoms. The van der Waals surface area contributed by atoms with Crippen molar-refractivity contribution in [1.82, 2.24) is 15.3 Å². The van der Waals surface area contributed by atoms with E-state index in [0.29, 0.717) is 12.3 Å². The van der Waals surface area contributed by atoms with Crippen LogP contribution in [-0.2, 0) is 4.79 Å². The standard InChI is InChI=1S/C20H14Br2N4O/c21-10-1-3-12-14(7-23-16(12)5-10)18-9-25-20(27)19(26-18)15-8-24-17-6-11(22)2-4-13(15)17/h1-8,18,23-24H,9H2,(H,25,27)/t18-/m1/s1. The lowest BCUT2D eigenvalue weighted by atomic mass is 10.0. The Kier molecular flexibility index (Phi) is 3.94. The second-order valence-electron chi connectivity index (χ2n) is 6.53. The van der Waals surface area contributed by atoms with E-state index in [4.69, 9.17) is 4.99 Å². The maximum atomic E-state index is 12.5. The van der Waals surface area contributed by atoms with E-state index < -0.39 is 0 Å². The Morgan fingerprint density at radius 3 is 2.37 bits per heavy atom. The molecule has 0 saturated heterocycles. The van der Waals surface area contributed by atoms with E-state index in [-0.39, 0.29) is 11.9 Å². The maximum absolute atomic E-state index is 12.5. The minimum Gasteiger partial charge on any atom is -0.361 e. The van der Waals surface area contributed by atoms with Gasteiger partial charge in [0.05, 0.1) is 6.04 Å². The number of benzene rings is 2. The van der Waals surface area contributed by atoms with Gasteiger partial charge in [-0.25, -0.2) is 0 Å². The summed E-state index contributed by atoms with van der Waals surface area (Å²) < 4.78 is 2.01. The van der Waals surface area contributed by atoms with E-state index in [1.165, 1.54) is 0 Å². The number of nitrogens with one attached hydrogen (secondary N) is 3. The van der Waals surface area contributed by atoms with Gasteiger partial charge in [0.1, 0.15) is 5.71 Å². The zero-order chi connectivity index (χ0) is 18.5. The van der Waals surface area contributed by atoms with Gasteiger partial charge < -0.3 is 15.3 Å². The molecule has 0 spiro atoms. The van der Waals surface area contributed by atoms with Crippen LogP contribution in [0.25, 0.3) is 21.8 Å². The van der Waals surface area contributed by atoms with Crippen molar-refractivity contribution in [2.75, 3.05) is 6.54 Å². The number of fused-ring (bicyclic) bond motifs is 2. The lowest BCUT2D eigenvalue weighted by Crippen LogP contribution is -2.39. The number of aromatic nitrogens is 2. The number of rotatable bonds is 2. The van der Waals surface area contributed by atoms with Crippen molar-refractivity contribution in [1.29, 1.82) is 0 Å². The van der Waals surface area contributed by atoms with Crippen LogP contribution >= 0.6 is 31.9 Å². The van der Waals surface area contributed by atoms with Gasteiger partial charge in [0.2, 0.25) is 0 Å². The van der Waals surface area contributed by atoms with Crippen LogP contribution in [0.2, 0.25) is 0 Å². The van der Waals surface area contributed by atoms with Crippen LogP contribution in [0.3, 0.4) is 0 Å². The number of halogens is 2. The molecule has 2 aromatic carbocycles. The maximum Gasteiger partial charge on any atom is 0.270 e. The molecule has 3 N–H and O–H groups in total. The normalized spacial score (nSPS) is 17.3. The van der Waals surface area contributed by atoms with Gasteiger partial charge in [-0.2, -0.15) is 0 Å². The van der Waals surface area contributed by atoms with E-state index in [9.17, 15) is 4.79 Å². The summed E-state index contributed by atoms with van der Waals surface area (Å²) in [5, 5.41) is 5.09. The van der Waals surface area contributed by atoms with Crippen LogP contribution < -0.4 is 5.32 Å². The lowest BCUT2D eigenvalue weighted by Gasteiger charge is -2.21. The molecule has 0 fully saturated rings. The number of hydrogen-bond acceptors (Lipinski definition) is 2. The predicted octanol–water partition coefficient (Wildman–Crippen LogP) is 4.83. The van der Waals surface area contributed by atoms with Crippen molar-refractivity contribution in [2.24, 2.45) is 4.99 Å². The highest BCUT2D eigenvalue weighted by Gasteiger charge is 2.27. The molecule has 0 saturated carbocycles. The number of H-pyrrole nitrogens is 2. The van der Waals surface area contributed by atoms with Crippen LogP contribution in [0.5, 0.6) is 0 Å². The van der Waals surface area contributed by atoms with Crippen molar-refractivity contribution in [2.45, 2.75) is 6.04 Å². The van der Waals surface area contributed by atoms with Gasteiger partial charge in [-0.05, 0) is 24.3 Å². The van der Waals surface area contributed by atoms with Crippen LogP contribution in [0, 0.1) is 0 Å².